The zero-order chi connectivity index (χ0) is 14.2. The smallest absolute Gasteiger partial charge is 0.340 e. The molecule has 1 aromatic carbocycles. The number of benzene rings is 1. The number of carbonyl (C=O) groups excluding carboxylic acids is 1. The molecule has 0 amide bonds. The summed E-state index contributed by atoms with van der Waals surface area (Å²) in [6.07, 6.45) is 1.57. The Labute approximate surface area is 121 Å². The number of halogens is 1. The number of hydrogen-bond donors (Lipinski definition) is 0. The number of nitrogens with zero attached hydrogens (tertiary/aromatic N) is 1. The van der Waals surface area contributed by atoms with Crippen LogP contribution >= 0.6 is 15.9 Å². The Bertz CT molecular complexity index is 700. The molecule has 1 aliphatic rings. The number of hydrogen-bond acceptors (Lipinski definition) is 4. The molecule has 19 heavy (non-hydrogen) atoms. The highest BCUT2D eigenvalue weighted by Gasteiger charge is 2.27. The fourth-order valence-electron chi connectivity index (χ4n) is 2.04. The van der Waals surface area contributed by atoms with E-state index in [0.29, 0.717) is 28.3 Å². The molecule has 1 aliphatic heterocycles. The molecule has 6 heteroatoms. The van der Waals surface area contributed by atoms with Crippen LogP contribution in [-0.2, 0) is 19.3 Å². The van der Waals surface area contributed by atoms with Crippen molar-refractivity contribution in [2.24, 2.45) is 4.36 Å². The molecule has 0 bridgehead atoms. The molecule has 0 aromatic heterocycles. The lowest BCUT2D eigenvalue weighted by molar-refractivity contribution is -0.136. The highest BCUT2D eigenvalue weighted by Crippen LogP contribution is 2.35. The highest BCUT2D eigenvalue weighted by molar-refractivity contribution is 9.10. The van der Waals surface area contributed by atoms with E-state index in [-0.39, 0.29) is 0 Å². The first kappa shape index (κ1) is 14.3. The normalized spacial score (nSPS) is 21.7. The molecular weight excluding hydrogens is 330 g/mol. The quantitative estimate of drug-likeness (QED) is 0.774. The zero-order valence-corrected chi connectivity index (χ0v) is 13.3. The lowest BCUT2D eigenvalue weighted by Crippen LogP contribution is -2.15. The van der Waals surface area contributed by atoms with E-state index in [2.05, 4.69) is 20.3 Å². The van der Waals surface area contributed by atoms with E-state index in [1.54, 1.807) is 38.3 Å². The van der Waals surface area contributed by atoms with Crippen molar-refractivity contribution >= 4 is 37.2 Å². The van der Waals surface area contributed by atoms with Gasteiger partial charge in [0.2, 0.25) is 0 Å². The minimum Gasteiger partial charge on any atom is -0.462 e. The molecule has 0 saturated carbocycles. The molecule has 102 valence electrons. The predicted octanol–water partition coefficient (Wildman–Crippen LogP) is 3.21. The molecule has 0 saturated heterocycles. The second kappa shape index (κ2) is 5.09. The SMILES string of the molecule is CCOC(=O)C1=C(C)N=S(C)(=O)c2ccc(Br)cc21. The molecule has 2 rings (SSSR count). The van der Waals surface area contributed by atoms with Gasteiger partial charge in [0.25, 0.3) is 0 Å². The maximum Gasteiger partial charge on any atom is 0.340 e. The van der Waals surface area contributed by atoms with Crippen LogP contribution in [0.1, 0.15) is 19.4 Å². The first-order valence-electron chi connectivity index (χ1n) is 5.77. The summed E-state index contributed by atoms with van der Waals surface area (Å²) in [5.41, 5.74) is 1.48. The Morgan fingerprint density at radius 1 is 1.47 bits per heavy atom. The summed E-state index contributed by atoms with van der Waals surface area (Å²) < 4.78 is 22.5. The lowest BCUT2D eigenvalue weighted by atomic mass is 10.0. The first-order valence-corrected chi connectivity index (χ1v) is 8.48. The van der Waals surface area contributed by atoms with Gasteiger partial charge in [-0.2, -0.15) is 4.36 Å². The molecule has 4 nitrogen and oxygen atoms in total. The second-order valence-corrected chi connectivity index (χ2v) is 7.36. The summed E-state index contributed by atoms with van der Waals surface area (Å²) in [6, 6.07) is 5.31. The minimum atomic E-state index is -2.50. The Morgan fingerprint density at radius 3 is 2.79 bits per heavy atom. The van der Waals surface area contributed by atoms with Crippen LogP contribution in [0.2, 0.25) is 0 Å². The van der Waals surface area contributed by atoms with Gasteiger partial charge < -0.3 is 4.74 Å². The number of esters is 1. The topological polar surface area (TPSA) is 55.7 Å². The van der Waals surface area contributed by atoms with Crippen molar-refractivity contribution in [1.82, 2.24) is 0 Å². The van der Waals surface area contributed by atoms with Crippen molar-refractivity contribution in [2.75, 3.05) is 12.9 Å². The number of ether oxygens (including phenoxy) is 1. The van der Waals surface area contributed by atoms with E-state index >= 15 is 0 Å². The monoisotopic (exact) mass is 343 g/mol. The Balaban J connectivity index is 2.75. The van der Waals surface area contributed by atoms with E-state index in [4.69, 9.17) is 4.74 Å². The molecule has 0 radical (unpaired) electrons. The summed E-state index contributed by atoms with van der Waals surface area (Å²) >= 11 is 3.37. The molecule has 0 aliphatic carbocycles. The largest absolute Gasteiger partial charge is 0.462 e. The van der Waals surface area contributed by atoms with Crippen LogP contribution in [0.25, 0.3) is 5.57 Å². The molecule has 1 heterocycles. The summed E-state index contributed by atoms with van der Waals surface area (Å²) in [5, 5.41) is 0. The second-order valence-electron chi connectivity index (χ2n) is 4.22. The van der Waals surface area contributed by atoms with Crippen LogP contribution in [0, 0.1) is 0 Å². The van der Waals surface area contributed by atoms with Gasteiger partial charge >= 0.3 is 5.97 Å². The van der Waals surface area contributed by atoms with Crippen LogP contribution in [0.5, 0.6) is 0 Å². The fraction of sp³-hybridized carbons (Fsp3) is 0.308. The summed E-state index contributed by atoms with van der Waals surface area (Å²) in [5.74, 6) is -0.432. The minimum absolute atomic E-state index is 0.292. The zero-order valence-electron chi connectivity index (χ0n) is 10.9. The molecule has 1 atom stereocenters. The Morgan fingerprint density at radius 2 is 2.16 bits per heavy atom. The van der Waals surface area contributed by atoms with Crippen molar-refractivity contribution in [3.8, 4) is 0 Å². The van der Waals surface area contributed by atoms with Gasteiger partial charge in [0.15, 0.2) is 0 Å². The van der Waals surface area contributed by atoms with E-state index in [1.165, 1.54) is 0 Å². The standard InChI is InChI=1S/C13H14BrNO3S/c1-4-18-13(16)12-8(2)15-19(3,17)11-6-5-9(14)7-10(11)12/h5-7H,4H2,1-3H3. The maximum atomic E-state index is 12.5. The average molecular weight is 344 g/mol. The molecular formula is C13H14BrNO3S. The molecule has 1 aromatic rings. The van der Waals surface area contributed by atoms with Crippen molar-refractivity contribution < 1.29 is 13.7 Å². The number of fused-ring (bicyclic) bond motifs is 1. The van der Waals surface area contributed by atoms with E-state index < -0.39 is 15.7 Å². The van der Waals surface area contributed by atoms with E-state index in [1.807, 2.05) is 0 Å². The van der Waals surface area contributed by atoms with Gasteiger partial charge in [-0.05, 0) is 32.0 Å². The third kappa shape index (κ3) is 2.60. The fourth-order valence-corrected chi connectivity index (χ4v) is 4.00. The predicted molar refractivity (Wildman–Crippen MR) is 78.1 cm³/mol. The van der Waals surface area contributed by atoms with E-state index in [0.717, 1.165) is 4.47 Å². The average Bonchev–Trinajstić information content (AvgIpc) is 2.27. The number of allylic oxidation sites excluding steroid dienone is 1. The van der Waals surface area contributed by atoms with Crippen molar-refractivity contribution in [3.05, 3.63) is 33.9 Å². The van der Waals surface area contributed by atoms with Gasteiger partial charge in [-0.15, -0.1) is 0 Å². The number of rotatable bonds is 2. The lowest BCUT2D eigenvalue weighted by Gasteiger charge is -2.19. The maximum absolute atomic E-state index is 12.5. The molecule has 0 fully saturated rings. The summed E-state index contributed by atoms with van der Waals surface area (Å²) in [4.78, 5) is 12.6. The van der Waals surface area contributed by atoms with Gasteiger partial charge in [-0.25, -0.2) is 9.00 Å². The molecule has 0 N–H and O–H groups in total. The van der Waals surface area contributed by atoms with Crippen LogP contribution in [0.4, 0.5) is 0 Å². The highest BCUT2D eigenvalue weighted by atomic mass is 79.9. The third-order valence-electron chi connectivity index (χ3n) is 2.77. The first-order chi connectivity index (χ1) is 8.86. The van der Waals surface area contributed by atoms with Gasteiger partial charge in [-0.3, -0.25) is 0 Å². The third-order valence-corrected chi connectivity index (χ3v) is 5.06. The number of carbonyl (C=O) groups is 1. The Hall–Kier alpha value is -1.14. The van der Waals surface area contributed by atoms with Gasteiger partial charge in [-0.1, -0.05) is 15.9 Å². The van der Waals surface area contributed by atoms with Gasteiger partial charge in [0.1, 0.15) is 0 Å². The van der Waals surface area contributed by atoms with Gasteiger partial charge in [0.05, 0.1) is 32.5 Å². The molecule has 1 unspecified atom stereocenters. The van der Waals surface area contributed by atoms with Crippen LogP contribution < -0.4 is 0 Å². The van der Waals surface area contributed by atoms with Crippen molar-refractivity contribution in [3.63, 3.8) is 0 Å². The van der Waals surface area contributed by atoms with Crippen LogP contribution in [0.3, 0.4) is 0 Å². The summed E-state index contributed by atoms with van der Waals surface area (Å²) in [6.45, 7) is 3.72. The van der Waals surface area contributed by atoms with E-state index in [9.17, 15) is 9.00 Å². The Kier molecular flexibility index (Phi) is 3.82. The van der Waals surface area contributed by atoms with Crippen LogP contribution in [0.15, 0.2) is 37.6 Å². The van der Waals surface area contributed by atoms with Crippen molar-refractivity contribution in [1.29, 1.82) is 0 Å². The van der Waals surface area contributed by atoms with Crippen molar-refractivity contribution in [2.45, 2.75) is 18.7 Å². The summed E-state index contributed by atoms with van der Waals surface area (Å²) in [7, 11) is -2.50. The molecule has 0 spiro atoms. The van der Waals surface area contributed by atoms with Gasteiger partial charge in [0, 0.05) is 16.3 Å². The van der Waals surface area contributed by atoms with Crippen LogP contribution in [-0.4, -0.2) is 23.0 Å².